The third-order valence-corrected chi connectivity index (χ3v) is 2.99. The fourth-order valence-electron chi connectivity index (χ4n) is 1.77. The number of carbonyl (C=O) groups excluding carboxylic acids is 1. The molecule has 2 N–H and O–H groups in total. The topological polar surface area (TPSA) is 85.2 Å². The largest absolute Gasteiger partial charge is 0.506 e. The maximum absolute atomic E-state index is 11.4. The molecule has 19 heavy (non-hydrogen) atoms. The highest BCUT2D eigenvalue weighted by molar-refractivity contribution is 6.32. The first-order valence-corrected chi connectivity index (χ1v) is 6.01. The monoisotopic (exact) mass is 288 g/mol. The van der Waals surface area contributed by atoms with Crippen LogP contribution >= 0.6 is 11.6 Å². The van der Waals surface area contributed by atoms with Gasteiger partial charge in [-0.3, -0.25) is 0 Å². The van der Waals surface area contributed by atoms with Crippen LogP contribution in [0.4, 0.5) is 0 Å². The Morgan fingerprint density at radius 2 is 2.16 bits per heavy atom. The standard InChI is InChI=1S/C12H13ClO6/c1-17-12(16)10(15)8-9(14)6(13)5-7-11(8)19-4-2-3-18-7/h5,10,14-15H,2-4H2,1H3. The van der Waals surface area contributed by atoms with E-state index in [0.29, 0.717) is 19.6 Å². The minimum Gasteiger partial charge on any atom is -0.506 e. The number of phenolic OH excluding ortho intramolecular Hbond substituents is 1. The zero-order chi connectivity index (χ0) is 14.0. The Kier molecular flexibility index (Phi) is 4.01. The van der Waals surface area contributed by atoms with Gasteiger partial charge < -0.3 is 24.4 Å². The average molecular weight is 289 g/mol. The number of benzene rings is 1. The van der Waals surface area contributed by atoms with Gasteiger partial charge in [-0.25, -0.2) is 4.79 Å². The number of methoxy groups -OCH3 is 1. The zero-order valence-electron chi connectivity index (χ0n) is 10.2. The van der Waals surface area contributed by atoms with E-state index in [1.807, 2.05) is 0 Å². The fourth-order valence-corrected chi connectivity index (χ4v) is 1.97. The lowest BCUT2D eigenvalue weighted by atomic mass is 10.1. The predicted octanol–water partition coefficient (Wildman–Crippen LogP) is 1.41. The van der Waals surface area contributed by atoms with Crippen molar-refractivity contribution in [2.24, 2.45) is 0 Å². The SMILES string of the molecule is COC(=O)C(O)c1c(O)c(Cl)cc2c1OCCCO2. The van der Waals surface area contributed by atoms with Gasteiger partial charge in [0.25, 0.3) is 0 Å². The van der Waals surface area contributed by atoms with Gasteiger partial charge in [-0.05, 0) is 0 Å². The van der Waals surface area contributed by atoms with Crippen molar-refractivity contribution in [3.8, 4) is 17.2 Å². The Labute approximate surface area is 114 Å². The summed E-state index contributed by atoms with van der Waals surface area (Å²) in [6.45, 7) is 0.761. The second-order valence-corrected chi connectivity index (χ2v) is 4.33. The summed E-state index contributed by atoms with van der Waals surface area (Å²) < 4.78 is 15.3. The van der Waals surface area contributed by atoms with Gasteiger partial charge in [0.05, 0.1) is 30.9 Å². The number of aliphatic hydroxyl groups excluding tert-OH is 1. The van der Waals surface area contributed by atoms with Crippen LogP contribution in [0.25, 0.3) is 0 Å². The fraction of sp³-hybridized carbons (Fsp3) is 0.417. The number of phenols is 1. The summed E-state index contributed by atoms with van der Waals surface area (Å²) in [7, 11) is 1.13. The first-order valence-electron chi connectivity index (χ1n) is 5.63. The number of ether oxygens (including phenoxy) is 3. The third-order valence-electron chi connectivity index (χ3n) is 2.70. The molecule has 0 radical (unpaired) electrons. The summed E-state index contributed by atoms with van der Waals surface area (Å²) in [5.74, 6) is -0.966. The lowest BCUT2D eigenvalue weighted by Gasteiger charge is -2.18. The molecule has 0 fully saturated rings. The van der Waals surface area contributed by atoms with Crippen molar-refractivity contribution in [2.75, 3.05) is 20.3 Å². The molecule has 7 heteroatoms. The molecule has 1 aliphatic rings. The molecule has 1 unspecified atom stereocenters. The lowest BCUT2D eigenvalue weighted by Crippen LogP contribution is -2.15. The molecule has 104 valence electrons. The van der Waals surface area contributed by atoms with Gasteiger partial charge in [-0.1, -0.05) is 11.6 Å². The molecule has 0 bridgehead atoms. The van der Waals surface area contributed by atoms with Crippen LogP contribution in [0.2, 0.25) is 5.02 Å². The van der Waals surface area contributed by atoms with Crippen LogP contribution in [0, 0.1) is 0 Å². The van der Waals surface area contributed by atoms with Crippen molar-refractivity contribution >= 4 is 17.6 Å². The molecule has 1 aliphatic heterocycles. The first kappa shape index (κ1) is 13.8. The van der Waals surface area contributed by atoms with Crippen LogP contribution in [0.5, 0.6) is 17.2 Å². The molecule has 0 saturated carbocycles. The van der Waals surface area contributed by atoms with E-state index in [0.717, 1.165) is 7.11 Å². The van der Waals surface area contributed by atoms with Crippen LogP contribution in [0.3, 0.4) is 0 Å². The van der Waals surface area contributed by atoms with Gasteiger partial charge in [0, 0.05) is 12.5 Å². The summed E-state index contributed by atoms with van der Waals surface area (Å²) in [5.41, 5.74) is -0.142. The van der Waals surface area contributed by atoms with Crippen molar-refractivity contribution in [2.45, 2.75) is 12.5 Å². The highest BCUT2D eigenvalue weighted by Gasteiger charge is 2.31. The highest BCUT2D eigenvalue weighted by atomic mass is 35.5. The molecule has 0 spiro atoms. The van der Waals surface area contributed by atoms with Crippen molar-refractivity contribution in [1.29, 1.82) is 0 Å². The van der Waals surface area contributed by atoms with E-state index in [1.165, 1.54) is 6.07 Å². The summed E-state index contributed by atoms with van der Waals surface area (Å²) in [6, 6.07) is 1.38. The first-order chi connectivity index (χ1) is 9.06. The number of hydrogen-bond acceptors (Lipinski definition) is 6. The number of halogens is 1. The molecule has 1 aromatic rings. The quantitative estimate of drug-likeness (QED) is 0.801. The Morgan fingerprint density at radius 3 is 2.84 bits per heavy atom. The maximum atomic E-state index is 11.4. The number of aliphatic hydroxyl groups is 1. The van der Waals surface area contributed by atoms with E-state index in [-0.39, 0.29) is 22.1 Å². The number of rotatable bonds is 2. The summed E-state index contributed by atoms with van der Waals surface area (Å²) in [6.07, 6.45) is -1.06. The molecule has 0 saturated heterocycles. The normalized spacial score (nSPS) is 15.5. The van der Waals surface area contributed by atoms with E-state index in [4.69, 9.17) is 21.1 Å². The molecule has 1 atom stereocenters. The Hall–Kier alpha value is -1.66. The second kappa shape index (κ2) is 5.54. The minimum absolute atomic E-state index is 0.0396. The molecular weight excluding hydrogens is 276 g/mol. The smallest absolute Gasteiger partial charge is 0.339 e. The van der Waals surface area contributed by atoms with Gasteiger partial charge in [0.2, 0.25) is 0 Å². The van der Waals surface area contributed by atoms with Crippen molar-refractivity contribution < 1.29 is 29.2 Å². The molecular formula is C12H13ClO6. The number of hydrogen-bond donors (Lipinski definition) is 2. The van der Waals surface area contributed by atoms with E-state index in [1.54, 1.807) is 0 Å². The molecule has 0 aliphatic carbocycles. The van der Waals surface area contributed by atoms with Gasteiger partial charge in [-0.15, -0.1) is 0 Å². The number of fused-ring (bicyclic) bond motifs is 1. The molecule has 0 amide bonds. The second-order valence-electron chi connectivity index (χ2n) is 3.92. The summed E-state index contributed by atoms with van der Waals surface area (Å²) in [4.78, 5) is 11.4. The van der Waals surface area contributed by atoms with Crippen molar-refractivity contribution in [3.05, 3.63) is 16.7 Å². The van der Waals surface area contributed by atoms with Crippen LogP contribution in [-0.2, 0) is 9.53 Å². The molecule has 1 heterocycles. The number of esters is 1. The van der Waals surface area contributed by atoms with Crippen LogP contribution in [0.15, 0.2) is 6.07 Å². The van der Waals surface area contributed by atoms with Crippen LogP contribution < -0.4 is 9.47 Å². The number of aromatic hydroxyl groups is 1. The molecule has 0 aromatic heterocycles. The lowest BCUT2D eigenvalue weighted by molar-refractivity contribution is -0.150. The zero-order valence-corrected chi connectivity index (χ0v) is 10.9. The van der Waals surface area contributed by atoms with E-state index in [2.05, 4.69) is 4.74 Å². The van der Waals surface area contributed by atoms with Gasteiger partial charge in [0.15, 0.2) is 17.6 Å². The van der Waals surface area contributed by atoms with Crippen molar-refractivity contribution in [3.63, 3.8) is 0 Å². The van der Waals surface area contributed by atoms with E-state index >= 15 is 0 Å². The van der Waals surface area contributed by atoms with Crippen molar-refractivity contribution in [1.82, 2.24) is 0 Å². The minimum atomic E-state index is -1.70. The van der Waals surface area contributed by atoms with E-state index < -0.39 is 17.8 Å². The maximum Gasteiger partial charge on any atom is 0.339 e. The third kappa shape index (κ3) is 2.54. The Balaban J connectivity index is 2.57. The average Bonchev–Trinajstić information content (AvgIpc) is 2.63. The van der Waals surface area contributed by atoms with Gasteiger partial charge in [0.1, 0.15) is 5.75 Å². The van der Waals surface area contributed by atoms with Crippen LogP contribution in [0.1, 0.15) is 18.1 Å². The molecule has 6 nitrogen and oxygen atoms in total. The number of carbonyl (C=O) groups is 1. The van der Waals surface area contributed by atoms with E-state index in [9.17, 15) is 15.0 Å². The van der Waals surface area contributed by atoms with Gasteiger partial charge >= 0.3 is 5.97 Å². The molecule has 1 aromatic carbocycles. The predicted molar refractivity (Wildman–Crippen MR) is 65.7 cm³/mol. The molecule has 2 rings (SSSR count). The Bertz CT molecular complexity index is 501. The highest BCUT2D eigenvalue weighted by Crippen LogP contribution is 2.46. The van der Waals surface area contributed by atoms with Gasteiger partial charge in [-0.2, -0.15) is 0 Å². The summed E-state index contributed by atoms with van der Waals surface area (Å²) >= 11 is 5.85. The summed E-state index contributed by atoms with van der Waals surface area (Å²) in [5, 5.41) is 19.8. The Morgan fingerprint density at radius 1 is 1.47 bits per heavy atom. The van der Waals surface area contributed by atoms with Crippen LogP contribution in [-0.4, -0.2) is 36.5 Å².